The number of aryl methyl sites for hydroxylation is 2. The Labute approximate surface area is 139 Å². The monoisotopic (exact) mass is 372 g/mol. The van der Waals surface area contributed by atoms with Gasteiger partial charge >= 0.3 is 0 Å². The van der Waals surface area contributed by atoms with E-state index in [1.807, 2.05) is 0 Å². The molecule has 24 heavy (non-hydrogen) atoms. The fourth-order valence-electron chi connectivity index (χ4n) is 2.44. The van der Waals surface area contributed by atoms with Gasteiger partial charge in [-0.2, -0.15) is 16.8 Å². The van der Waals surface area contributed by atoms with E-state index in [9.17, 15) is 21.4 Å². The molecule has 0 amide bonds. The molecule has 10 heteroatoms. The summed E-state index contributed by atoms with van der Waals surface area (Å²) in [7, 11) is -9.08. The predicted octanol–water partition coefficient (Wildman–Crippen LogP) is 1.63. The van der Waals surface area contributed by atoms with Gasteiger partial charge in [0, 0.05) is 5.56 Å². The van der Waals surface area contributed by atoms with Crippen LogP contribution in [0.4, 0.5) is 11.4 Å². The van der Waals surface area contributed by atoms with Crippen LogP contribution in [0.25, 0.3) is 11.1 Å². The maximum absolute atomic E-state index is 11.7. The van der Waals surface area contributed by atoms with Crippen LogP contribution in [0.2, 0.25) is 0 Å². The van der Waals surface area contributed by atoms with Crippen LogP contribution in [0.3, 0.4) is 0 Å². The summed E-state index contributed by atoms with van der Waals surface area (Å²) < 4.78 is 64.6. The van der Waals surface area contributed by atoms with Gasteiger partial charge in [0.25, 0.3) is 20.2 Å². The van der Waals surface area contributed by atoms with Crippen LogP contribution in [0, 0.1) is 13.8 Å². The Morgan fingerprint density at radius 3 is 1.88 bits per heavy atom. The van der Waals surface area contributed by atoms with Crippen LogP contribution < -0.4 is 11.5 Å². The van der Waals surface area contributed by atoms with E-state index in [1.54, 1.807) is 6.92 Å². The van der Waals surface area contributed by atoms with Crippen LogP contribution in [0.15, 0.2) is 34.1 Å². The van der Waals surface area contributed by atoms with Gasteiger partial charge in [0.05, 0.1) is 16.3 Å². The molecule has 6 N–H and O–H groups in total. The zero-order valence-electron chi connectivity index (χ0n) is 12.8. The Bertz CT molecular complexity index is 1040. The lowest BCUT2D eigenvalue weighted by molar-refractivity contribution is 0.480. The lowest BCUT2D eigenvalue weighted by atomic mass is 9.99. The first-order valence-electron chi connectivity index (χ1n) is 6.58. The summed E-state index contributed by atoms with van der Waals surface area (Å²) in [5.74, 6) is 0. The average Bonchev–Trinajstić information content (AvgIpc) is 2.41. The molecule has 0 bridgehead atoms. The zero-order valence-corrected chi connectivity index (χ0v) is 14.4. The highest BCUT2D eigenvalue weighted by molar-refractivity contribution is 7.86. The molecule has 0 atom stereocenters. The Balaban J connectivity index is 2.86. The molecular formula is C14H16N2O6S2. The summed E-state index contributed by atoms with van der Waals surface area (Å²) in [6.45, 7) is 3.05. The van der Waals surface area contributed by atoms with Crippen LogP contribution in [-0.4, -0.2) is 25.9 Å². The molecule has 0 aliphatic heterocycles. The molecule has 2 aromatic rings. The molecule has 2 rings (SSSR count). The quantitative estimate of drug-likeness (QED) is 0.467. The molecule has 0 radical (unpaired) electrons. The minimum atomic E-state index is -4.68. The molecule has 0 aliphatic rings. The Kier molecular flexibility index (Phi) is 4.35. The van der Waals surface area contributed by atoms with Crippen molar-refractivity contribution in [2.45, 2.75) is 23.6 Å². The number of anilines is 2. The van der Waals surface area contributed by atoms with Gasteiger partial charge in [-0.25, -0.2) is 0 Å². The average molecular weight is 372 g/mol. The van der Waals surface area contributed by atoms with Crippen molar-refractivity contribution in [3.8, 4) is 11.1 Å². The van der Waals surface area contributed by atoms with Crippen molar-refractivity contribution < 1.29 is 25.9 Å². The zero-order chi connectivity index (χ0) is 18.4. The fraction of sp³-hybridized carbons (Fsp3) is 0.143. The molecule has 130 valence electrons. The fourth-order valence-corrected chi connectivity index (χ4v) is 3.99. The normalized spacial score (nSPS) is 12.3. The van der Waals surface area contributed by atoms with E-state index in [1.165, 1.54) is 25.1 Å². The Hall–Kier alpha value is -2.14. The smallest absolute Gasteiger partial charge is 0.297 e. The topological polar surface area (TPSA) is 161 Å². The standard InChI is InChI=1S/C14H16N2O6S2/c1-7-5-9(3-4-11(7)23(17,18)19)10-6-8(2)12(15)13(16)14(10)24(20,21)22/h3-6H,15-16H2,1-2H3,(H,17,18,19)(H,20,21,22). The lowest BCUT2D eigenvalue weighted by Gasteiger charge is -2.15. The number of benzene rings is 2. The molecule has 0 aliphatic carbocycles. The molecule has 0 aromatic heterocycles. The van der Waals surface area contributed by atoms with Crippen molar-refractivity contribution in [1.29, 1.82) is 0 Å². The third-order valence-electron chi connectivity index (χ3n) is 3.59. The third-order valence-corrected chi connectivity index (χ3v) is 5.56. The largest absolute Gasteiger partial charge is 0.397 e. The summed E-state index contributed by atoms with van der Waals surface area (Å²) in [5, 5.41) is 0. The van der Waals surface area contributed by atoms with Crippen LogP contribution in [0.1, 0.15) is 11.1 Å². The number of hydrogen-bond acceptors (Lipinski definition) is 6. The first-order chi connectivity index (χ1) is 10.8. The van der Waals surface area contributed by atoms with Gasteiger partial charge < -0.3 is 11.5 Å². The van der Waals surface area contributed by atoms with Gasteiger partial charge in [-0.1, -0.05) is 12.1 Å². The Morgan fingerprint density at radius 2 is 1.42 bits per heavy atom. The van der Waals surface area contributed by atoms with E-state index in [-0.39, 0.29) is 27.4 Å². The maximum atomic E-state index is 11.7. The first kappa shape index (κ1) is 18.2. The van der Waals surface area contributed by atoms with Gasteiger partial charge in [-0.3, -0.25) is 9.11 Å². The van der Waals surface area contributed by atoms with Crippen LogP contribution in [-0.2, 0) is 20.2 Å². The van der Waals surface area contributed by atoms with Crippen molar-refractivity contribution in [2.24, 2.45) is 0 Å². The number of rotatable bonds is 3. The van der Waals surface area contributed by atoms with E-state index >= 15 is 0 Å². The van der Waals surface area contributed by atoms with Gasteiger partial charge in [0.15, 0.2) is 0 Å². The molecule has 0 spiro atoms. The van der Waals surface area contributed by atoms with Gasteiger partial charge in [0.2, 0.25) is 0 Å². The van der Waals surface area contributed by atoms with E-state index in [0.29, 0.717) is 11.1 Å². The summed E-state index contributed by atoms with van der Waals surface area (Å²) in [6, 6.07) is 5.23. The highest BCUT2D eigenvalue weighted by Crippen LogP contribution is 2.38. The molecule has 0 unspecified atom stereocenters. The molecule has 0 heterocycles. The second-order valence-corrected chi connectivity index (χ2v) is 8.08. The minimum Gasteiger partial charge on any atom is -0.397 e. The third kappa shape index (κ3) is 3.22. The van der Waals surface area contributed by atoms with Crippen molar-refractivity contribution in [3.05, 3.63) is 35.4 Å². The number of hydrogen-bond donors (Lipinski definition) is 4. The van der Waals surface area contributed by atoms with Gasteiger partial charge in [-0.05, 0) is 42.7 Å². The number of nitrogens with two attached hydrogens (primary N) is 2. The Morgan fingerprint density at radius 1 is 0.833 bits per heavy atom. The highest BCUT2D eigenvalue weighted by Gasteiger charge is 2.24. The van der Waals surface area contributed by atoms with E-state index < -0.39 is 25.1 Å². The van der Waals surface area contributed by atoms with E-state index in [2.05, 4.69) is 0 Å². The molecule has 2 aromatic carbocycles. The van der Waals surface area contributed by atoms with Crippen molar-refractivity contribution in [3.63, 3.8) is 0 Å². The summed E-state index contributed by atoms with van der Waals surface area (Å²) >= 11 is 0. The molecule has 8 nitrogen and oxygen atoms in total. The van der Waals surface area contributed by atoms with E-state index in [0.717, 1.165) is 6.07 Å². The summed E-state index contributed by atoms with van der Waals surface area (Å²) in [6.07, 6.45) is 0. The maximum Gasteiger partial charge on any atom is 0.297 e. The summed E-state index contributed by atoms with van der Waals surface area (Å²) in [5.41, 5.74) is 12.3. The highest BCUT2D eigenvalue weighted by atomic mass is 32.2. The van der Waals surface area contributed by atoms with Crippen molar-refractivity contribution in [2.75, 3.05) is 11.5 Å². The van der Waals surface area contributed by atoms with Gasteiger partial charge in [0.1, 0.15) is 4.90 Å². The predicted molar refractivity (Wildman–Crippen MR) is 89.8 cm³/mol. The number of nitrogen functional groups attached to an aromatic ring is 2. The van der Waals surface area contributed by atoms with Crippen LogP contribution >= 0.6 is 0 Å². The first-order valence-corrected chi connectivity index (χ1v) is 9.46. The lowest BCUT2D eigenvalue weighted by Crippen LogP contribution is -2.09. The molecule has 0 saturated heterocycles. The molecule has 0 saturated carbocycles. The second kappa shape index (κ2) is 5.74. The minimum absolute atomic E-state index is 0.0256. The summed E-state index contributed by atoms with van der Waals surface area (Å²) in [4.78, 5) is -0.857. The SMILES string of the molecule is Cc1cc(-c2cc(C)c(N)c(N)c2S(=O)(=O)O)ccc1S(=O)(=O)O. The molecular weight excluding hydrogens is 356 g/mol. The van der Waals surface area contributed by atoms with E-state index in [4.69, 9.17) is 16.0 Å². The van der Waals surface area contributed by atoms with Gasteiger partial charge in [-0.15, -0.1) is 0 Å². The molecule has 0 fully saturated rings. The van der Waals surface area contributed by atoms with Crippen molar-refractivity contribution in [1.82, 2.24) is 0 Å². The van der Waals surface area contributed by atoms with Crippen LogP contribution in [0.5, 0.6) is 0 Å². The second-order valence-electron chi connectivity index (χ2n) is 5.33. The van der Waals surface area contributed by atoms with Crippen molar-refractivity contribution >= 4 is 31.6 Å².